The highest BCUT2D eigenvalue weighted by Gasteiger charge is 2.31. The van der Waals surface area contributed by atoms with Crippen LogP contribution in [0.2, 0.25) is 0 Å². The first kappa shape index (κ1) is 21.3. The fourth-order valence-electron chi connectivity index (χ4n) is 4.54. The molecule has 2 aromatic heterocycles. The van der Waals surface area contributed by atoms with Crippen LogP contribution >= 0.6 is 0 Å². The standard InChI is InChI=1S/C23H30N6O2/c1-5-10-29-20(30)7-6-18-14(2)26-21(27-22(18)29)17-8-11-28(12-9-17)23(31)19-13-24-16(4)25-15(19)3/h13,17H,5-12H2,1-4H3. The van der Waals surface area contributed by atoms with E-state index in [1.54, 1.807) is 6.20 Å². The lowest BCUT2D eigenvalue weighted by Gasteiger charge is -2.33. The second-order valence-electron chi connectivity index (χ2n) is 8.50. The van der Waals surface area contributed by atoms with E-state index >= 15 is 0 Å². The highest BCUT2D eigenvalue weighted by molar-refractivity contribution is 5.95. The van der Waals surface area contributed by atoms with Gasteiger partial charge in [-0.25, -0.2) is 19.9 Å². The van der Waals surface area contributed by atoms with E-state index in [1.165, 1.54) is 0 Å². The number of likely N-dealkylation sites (tertiary alicyclic amines) is 1. The van der Waals surface area contributed by atoms with Gasteiger partial charge in [-0.05, 0) is 46.5 Å². The molecule has 4 rings (SSSR count). The Hall–Kier alpha value is -2.90. The van der Waals surface area contributed by atoms with Crippen LogP contribution in [0.25, 0.3) is 0 Å². The number of piperidine rings is 1. The maximum Gasteiger partial charge on any atom is 0.257 e. The Labute approximate surface area is 183 Å². The molecule has 0 atom stereocenters. The van der Waals surface area contributed by atoms with Crippen molar-refractivity contribution in [3.8, 4) is 0 Å². The summed E-state index contributed by atoms with van der Waals surface area (Å²) in [5.74, 6) is 2.58. The second kappa shape index (κ2) is 8.69. The van der Waals surface area contributed by atoms with Crippen molar-refractivity contribution in [2.45, 2.75) is 65.7 Å². The number of hydrogen-bond acceptors (Lipinski definition) is 6. The molecule has 31 heavy (non-hydrogen) atoms. The molecule has 0 bridgehead atoms. The number of amides is 2. The minimum atomic E-state index is -0.0155. The number of nitrogens with zero attached hydrogens (tertiary/aromatic N) is 6. The fourth-order valence-corrected chi connectivity index (χ4v) is 4.54. The molecule has 0 aromatic carbocycles. The van der Waals surface area contributed by atoms with Crippen molar-refractivity contribution >= 4 is 17.6 Å². The monoisotopic (exact) mass is 422 g/mol. The van der Waals surface area contributed by atoms with E-state index in [1.807, 2.05) is 30.6 Å². The summed E-state index contributed by atoms with van der Waals surface area (Å²) >= 11 is 0. The van der Waals surface area contributed by atoms with Crippen LogP contribution in [0.15, 0.2) is 6.20 Å². The molecule has 2 aliphatic rings. The summed E-state index contributed by atoms with van der Waals surface area (Å²) in [5.41, 5.74) is 3.35. The molecule has 164 valence electrons. The van der Waals surface area contributed by atoms with Crippen LogP contribution in [0, 0.1) is 20.8 Å². The summed E-state index contributed by atoms with van der Waals surface area (Å²) < 4.78 is 0. The van der Waals surface area contributed by atoms with Gasteiger partial charge in [0.05, 0.1) is 11.3 Å². The van der Waals surface area contributed by atoms with E-state index in [9.17, 15) is 9.59 Å². The molecule has 4 heterocycles. The van der Waals surface area contributed by atoms with Gasteiger partial charge in [-0.15, -0.1) is 0 Å². The molecule has 0 N–H and O–H groups in total. The number of aryl methyl sites for hydroxylation is 3. The molecule has 2 amide bonds. The van der Waals surface area contributed by atoms with Gasteiger partial charge in [-0.1, -0.05) is 6.92 Å². The molecular weight excluding hydrogens is 392 g/mol. The second-order valence-corrected chi connectivity index (χ2v) is 8.50. The summed E-state index contributed by atoms with van der Waals surface area (Å²) in [6.45, 7) is 9.74. The lowest BCUT2D eigenvalue weighted by Crippen LogP contribution is -2.39. The topological polar surface area (TPSA) is 92.2 Å². The Kier molecular flexibility index (Phi) is 5.98. The van der Waals surface area contributed by atoms with E-state index in [4.69, 9.17) is 9.97 Å². The average Bonchev–Trinajstić information content (AvgIpc) is 2.75. The minimum absolute atomic E-state index is 0.0155. The number of carbonyl (C=O) groups is 2. The third kappa shape index (κ3) is 4.16. The lowest BCUT2D eigenvalue weighted by molar-refractivity contribution is -0.119. The number of carbonyl (C=O) groups excluding carboxylic acids is 2. The van der Waals surface area contributed by atoms with E-state index in [2.05, 4.69) is 16.9 Å². The minimum Gasteiger partial charge on any atom is -0.338 e. The molecule has 0 unspecified atom stereocenters. The van der Waals surface area contributed by atoms with E-state index in [0.29, 0.717) is 49.6 Å². The zero-order valence-corrected chi connectivity index (χ0v) is 18.8. The maximum absolute atomic E-state index is 12.9. The molecule has 8 heteroatoms. The predicted molar refractivity (Wildman–Crippen MR) is 117 cm³/mol. The third-order valence-electron chi connectivity index (χ3n) is 6.28. The van der Waals surface area contributed by atoms with E-state index in [0.717, 1.165) is 42.2 Å². The first-order chi connectivity index (χ1) is 14.9. The van der Waals surface area contributed by atoms with Gasteiger partial charge in [0.2, 0.25) is 5.91 Å². The molecule has 8 nitrogen and oxygen atoms in total. The van der Waals surface area contributed by atoms with E-state index < -0.39 is 0 Å². The van der Waals surface area contributed by atoms with Crippen molar-refractivity contribution in [1.29, 1.82) is 0 Å². The van der Waals surface area contributed by atoms with Crippen LogP contribution in [-0.4, -0.2) is 56.3 Å². The Morgan fingerprint density at radius 2 is 1.81 bits per heavy atom. The van der Waals surface area contributed by atoms with Crippen molar-refractivity contribution in [1.82, 2.24) is 24.8 Å². The number of anilines is 1. The van der Waals surface area contributed by atoms with Crippen LogP contribution in [0.1, 0.15) is 77.5 Å². The van der Waals surface area contributed by atoms with Crippen molar-refractivity contribution in [2.24, 2.45) is 0 Å². The zero-order valence-electron chi connectivity index (χ0n) is 18.8. The van der Waals surface area contributed by atoms with Gasteiger partial charge in [-0.2, -0.15) is 0 Å². The Morgan fingerprint density at radius 3 is 2.48 bits per heavy atom. The van der Waals surface area contributed by atoms with Crippen LogP contribution < -0.4 is 4.90 Å². The Bertz CT molecular complexity index is 1010. The lowest BCUT2D eigenvalue weighted by atomic mass is 9.94. The third-order valence-corrected chi connectivity index (χ3v) is 6.28. The van der Waals surface area contributed by atoms with Gasteiger partial charge in [0.15, 0.2) is 0 Å². The summed E-state index contributed by atoms with van der Waals surface area (Å²) in [6, 6.07) is 0. The Balaban J connectivity index is 1.51. The largest absolute Gasteiger partial charge is 0.338 e. The van der Waals surface area contributed by atoms with Crippen LogP contribution in [0.5, 0.6) is 0 Å². The molecule has 2 aromatic rings. The average molecular weight is 423 g/mol. The zero-order chi connectivity index (χ0) is 22.1. The molecule has 2 aliphatic heterocycles. The van der Waals surface area contributed by atoms with E-state index in [-0.39, 0.29) is 17.7 Å². The van der Waals surface area contributed by atoms with Gasteiger partial charge in [0.1, 0.15) is 17.5 Å². The van der Waals surface area contributed by atoms with Gasteiger partial charge in [-0.3, -0.25) is 14.5 Å². The number of rotatable bonds is 4. The summed E-state index contributed by atoms with van der Waals surface area (Å²) in [6.07, 6.45) is 5.37. The van der Waals surface area contributed by atoms with Crippen molar-refractivity contribution in [3.05, 3.63) is 40.4 Å². The molecule has 1 saturated heterocycles. The number of fused-ring (bicyclic) bond motifs is 1. The molecule has 0 spiro atoms. The summed E-state index contributed by atoms with van der Waals surface area (Å²) in [7, 11) is 0. The molecule has 0 aliphatic carbocycles. The molecule has 0 radical (unpaired) electrons. The highest BCUT2D eigenvalue weighted by Crippen LogP contribution is 2.33. The van der Waals surface area contributed by atoms with Gasteiger partial charge < -0.3 is 4.90 Å². The quantitative estimate of drug-likeness (QED) is 0.752. The molecule has 0 saturated carbocycles. The van der Waals surface area contributed by atoms with Crippen molar-refractivity contribution in [3.63, 3.8) is 0 Å². The first-order valence-electron chi connectivity index (χ1n) is 11.2. The maximum atomic E-state index is 12.9. The normalized spacial score (nSPS) is 17.1. The summed E-state index contributed by atoms with van der Waals surface area (Å²) in [5, 5.41) is 0. The van der Waals surface area contributed by atoms with Crippen molar-refractivity contribution in [2.75, 3.05) is 24.5 Å². The van der Waals surface area contributed by atoms with Crippen LogP contribution in [0.4, 0.5) is 5.82 Å². The van der Waals surface area contributed by atoms with Gasteiger partial charge in [0, 0.05) is 49.4 Å². The van der Waals surface area contributed by atoms with Crippen LogP contribution in [-0.2, 0) is 11.2 Å². The highest BCUT2D eigenvalue weighted by atomic mass is 16.2. The fraction of sp³-hybridized carbons (Fsp3) is 0.565. The predicted octanol–water partition coefficient (Wildman–Crippen LogP) is 2.90. The SMILES string of the molecule is CCCN1C(=O)CCc2c(C)nc(C3CCN(C(=O)c4cnc(C)nc4C)CC3)nc21. The molecular formula is C23H30N6O2. The van der Waals surface area contributed by atoms with Crippen molar-refractivity contribution < 1.29 is 9.59 Å². The van der Waals surface area contributed by atoms with Crippen LogP contribution in [0.3, 0.4) is 0 Å². The van der Waals surface area contributed by atoms with Gasteiger partial charge >= 0.3 is 0 Å². The summed E-state index contributed by atoms with van der Waals surface area (Å²) in [4.78, 5) is 47.3. The Morgan fingerprint density at radius 1 is 1.06 bits per heavy atom. The number of hydrogen-bond donors (Lipinski definition) is 0. The number of aromatic nitrogens is 4. The van der Waals surface area contributed by atoms with Gasteiger partial charge in [0.25, 0.3) is 5.91 Å². The smallest absolute Gasteiger partial charge is 0.257 e. The first-order valence-corrected chi connectivity index (χ1v) is 11.2. The molecule has 1 fully saturated rings.